The van der Waals surface area contributed by atoms with E-state index in [0.29, 0.717) is 19.6 Å². The predicted molar refractivity (Wildman–Crippen MR) is 64.5 cm³/mol. The molecule has 0 saturated carbocycles. The number of rotatable bonds is 9. The van der Waals surface area contributed by atoms with Gasteiger partial charge < -0.3 is 15.4 Å². The molecule has 2 N–H and O–H groups in total. The highest BCUT2D eigenvalue weighted by Gasteiger charge is 1.99. The van der Waals surface area contributed by atoms with Crippen LogP contribution in [0.1, 0.15) is 26.7 Å². The van der Waals surface area contributed by atoms with E-state index in [2.05, 4.69) is 10.6 Å². The molecule has 0 atom stereocenters. The minimum atomic E-state index is 0. The summed E-state index contributed by atoms with van der Waals surface area (Å²) in [5.74, 6) is 0.114. The smallest absolute Gasteiger partial charge is 0.220 e. The highest BCUT2D eigenvalue weighted by atomic mass is 35.5. The van der Waals surface area contributed by atoms with Gasteiger partial charge in [0, 0.05) is 32.7 Å². The first-order valence-corrected chi connectivity index (χ1v) is 5.36. The van der Waals surface area contributed by atoms with E-state index in [4.69, 9.17) is 4.74 Å². The molecule has 0 spiro atoms. The first-order valence-electron chi connectivity index (χ1n) is 5.36. The minimum absolute atomic E-state index is 0. The van der Waals surface area contributed by atoms with Crippen molar-refractivity contribution in [2.75, 3.05) is 32.8 Å². The van der Waals surface area contributed by atoms with Crippen LogP contribution in [-0.2, 0) is 9.53 Å². The monoisotopic (exact) mass is 238 g/mol. The molecule has 0 saturated heterocycles. The van der Waals surface area contributed by atoms with E-state index in [1.54, 1.807) is 0 Å². The number of nitrogens with one attached hydrogen (secondary N) is 2. The van der Waals surface area contributed by atoms with Crippen molar-refractivity contribution in [2.24, 2.45) is 0 Å². The van der Waals surface area contributed by atoms with Crippen molar-refractivity contribution in [1.82, 2.24) is 10.6 Å². The first-order chi connectivity index (χ1) is 6.81. The third kappa shape index (κ3) is 13.7. The molecule has 0 aromatic heterocycles. The summed E-state index contributed by atoms with van der Waals surface area (Å²) in [6, 6.07) is 0. The molecule has 0 rings (SSSR count). The van der Waals surface area contributed by atoms with Crippen LogP contribution in [0.4, 0.5) is 0 Å². The Morgan fingerprint density at radius 3 is 2.60 bits per heavy atom. The molecular weight excluding hydrogens is 216 g/mol. The predicted octanol–water partition coefficient (Wildman–Crippen LogP) is 0.951. The van der Waals surface area contributed by atoms with Crippen molar-refractivity contribution in [2.45, 2.75) is 26.7 Å². The molecule has 0 fully saturated rings. The van der Waals surface area contributed by atoms with E-state index < -0.39 is 0 Å². The molecular formula is C10H23ClN2O2. The van der Waals surface area contributed by atoms with E-state index >= 15 is 0 Å². The maximum atomic E-state index is 11.2. The largest absolute Gasteiger partial charge is 0.382 e. The van der Waals surface area contributed by atoms with Gasteiger partial charge >= 0.3 is 0 Å². The lowest BCUT2D eigenvalue weighted by molar-refractivity contribution is -0.121. The van der Waals surface area contributed by atoms with E-state index in [9.17, 15) is 4.79 Å². The zero-order valence-electron chi connectivity index (χ0n) is 9.67. The Kier molecular flexibility index (Phi) is 15.6. The van der Waals surface area contributed by atoms with Crippen LogP contribution in [0.25, 0.3) is 0 Å². The van der Waals surface area contributed by atoms with E-state index in [-0.39, 0.29) is 18.3 Å². The molecule has 0 aliphatic heterocycles. The molecule has 5 heteroatoms. The Bertz CT molecular complexity index is 131. The second-order valence-corrected chi connectivity index (χ2v) is 3.00. The fourth-order valence-corrected chi connectivity index (χ4v) is 1.03. The Morgan fingerprint density at radius 1 is 1.27 bits per heavy atom. The molecule has 0 aromatic rings. The molecule has 0 aliphatic rings. The third-order valence-corrected chi connectivity index (χ3v) is 1.77. The molecule has 0 aliphatic carbocycles. The lowest BCUT2D eigenvalue weighted by Gasteiger charge is -2.05. The fourth-order valence-electron chi connectivity index (χ4n) is 1.03. The number of likely N-dealkylation sites (N-methyl/N-ethyl adjacent to an activating group) is 1. The number of halogens is 1. The van der Waals surface area contributed by atoms with Crippen LogP contribution in [0, 0.1) is 0 Å². The normalized spacial score (nSPS) is 9.47. The lowest BCUT2D eigenvalue weighted by Crippen LogP contribution is -2.31. The highest BCUT2D eigenvalue weighted by molar-refractivity contribution is 5.85. The third-order valence-electron chi connectivity index (χ3n) is 1.77. The zero-order valence-corrected chi connectivity index (χ0v) is 10.5. The number of ether oxygens (including phenoxy) is 1. The Morgan fingerprint density at radius 2 is 2.00 bits per heavy atom. The lowest BCUT2D eigenvalue weighted by atomic mass is 10.3. The maximum Gasteiger partial charge on any atom is 0.220 e. The van der Waals surface area contributed by atoms with Crippen molar-refractivity contribution >= 4 is 18.3 Å². The molecule has 0 unspecified atom stereocenters. The number of amides is 1. The van der Waals surface area contributed by atoms with Gasteiger partial charge in [0.15, 0.2) is 0 Å². The van der Waals surface area contributed by atoms with E-state index in [0.717, 1.165) is 26.1 Å². The van der Waals surface area contributed by atoms with Gasteiger partial charge in [-0.2, -0.15) is 0 Å². The fraction of sp³-hybridized carbons (Fsp3) is 0.900. The van der Waals surface area contributed by atoms with Gasteiger partial charge in [0.05, 0.1) is 0 Å². The maximum absolute atomic E-state index is 11.2. The van der Waals surface area contributed by atoms with Crippen LogP contribution in [0.3, 0.4) is 0 Å². The summed E-state index contributed by atoms with van der Waals surface area (Å²) in [5.41, 5.74) is 0. The van der Waals surface area contributed by atoms with Crippen LogP contribution in [0.2, 0.25) is 0 Å². The first kappa shape index (κ1) is 17.1. The summed E-state index contributed by atoms with van der Waals surface area (Å²) < 4.78 is 5.13. The molecule has 0 aromatic carbocycles. The van der Waals surface area contributed by atoms with E-state index in [1.807, 2.05) is 13.8 Å². The number of carbonyl (C=O) groups excluding carboxylic acids is 1. The molecule has 0 bridgehead atoms. The summed E-state index contributed by atoms with van der Waals surface area (Å²) in [6.45, 7) is 7.90. The van der Waals surface area contributed by atoms with Gasteiger partial charge in [0.25, 0.3) is 0 Å². The summed E-state index contributed by atoms with van der Waals surface area (Å²) in [6.07, 6.45) is 1.37. The van der Waals surface area contributed by atoms with Gasteiger partial charge in [0.2, 0.25) is 5.91 Å². The summed E-state index contributed by atoms with van der Waals surface area (Å²) in [7, 11) is 0. The van der Waals surface area contributed by atoms with Gasteiger partial charge in [-0.1, -0.05) is 6.92 Å². The van der Waals surface area contributed by atoms with Crippen LogP contribution < -0.4 is 10.6 Å². The quantitative estimate of drug-likeness (QED) is 0.588. The average molecular weight is 239 g/mol. The SMILES string of the molecule is CCNCCNC(=O)CCCOCC.Cl. The number of carbonyl (C=O) groups is 1. The minimum Gasteiger partial charge on any atom is -0.382 e. The van der Waals surface area contributed by atoms with Crippen molar-refractivity contribution in [3.63, 3.8) is 0 Å². The molecule has 4 nitrogen and oxygen atoms in total. The van der Waals surface area contributed by atoms with Gasteiger partial charge in [-0.25, -0.2) is 0 Å². The van der Waals surface area contributed by atoms with Crippen LogP contribution in [0.15, 0.2) is 0 Å². The van der Waals surface area contributed by atoms with Crippen molar-refractivity contribution in [1.29, 1.82) is 0 Å². The van der Waals surface area contributed by atoms with Crippen molar-refractivity contribution in [3.05, 3.63) is 0 Å². The second-order valence-electron chi connectivity index (χ2n) is 3.00. The summed E-state index contributed by atoms with van der Waals surface area (Å²) in [5, 5.41) is 5.98. The van der Waals surface area contributed by atoms with E-state index in [1.165, 1.54) is 0 Å². The van der Waals surface area contributed by atoms with Crippen molar-refractivity contribution < 1.29 is 9.53 Å². The van der Waals surface area contributed by atoms with Gasteiger partial charge in [0.1, 0.15) is 0 Å². The topological polar surface area (TPSA) is 50.4 Å². The standard InChI is InChI=1S/C10H22N2O2.ClH/c1-3-11-7-8-12-10(13)6-5-9-14-4-2;/h11H,3-9H2,1-2H3,(H,12,13);1H. The van der Waals surface area contributed by atoms with Crippen LogP contribution >= 0.6 is 12.4 Å². The molecule has 92 valence electrons. The molecule has 0 radical (unpaired) electrons. The van der Waals surface area contributed by atoms with Crippen molar-refractivity contribution in [3.8, 4) is 0 Å². The molecule has 15 heavy (non-hydrogen) atoms. The Hall–Kier alpha value is -0.320. The van der Waals surface area contributed by atoms with Crippen LogP contribution in [0.5, 0.6) is 0 Å². The number of hydrogen-bond donors (Lipinski definition) is 2. The summed E-state index contributed by atoms with van der Waals surface area (Å²) in [4.78, 5) is 11.2. The van der Waals surface area contributed by atoms with Gasteiger partial charge in [-0.05, 0) is 19.9 Å². The van der Waals surface area contributed by atoms with Crippen LogP contribution in [-0.4, -0.2) is 38.8 Å². The summed E-state index contributed by atoms with van der Waals surface area (Å²) >= 11 is 0. The molecule has 1 amide bonds. The molecule has 0 heterocycles. The highest BCUT2D eigenvalue weighted by Crippen LogP contribution is 1.89. The zero-order chi connectivity index (χ0) is 10.6. The Labute approximate surface area is 98.6 Å². The Balaban J connectivity index is 0. The average Bonchev–Trinajstić information content (AvgIpc) is 2.19. The van der Waals surface area contributed by atoms with Gasteiger partial charge in [-0.15, -0.1) is 12.4 Å². The number of hydrogen-bond acceptors (Lipinski definition) is 3. The van der Waals surface area contributed by atoms with Gasteiger partial charge in [-0.3, -0.25) is 4.79 Å². The second kappa shape index (κ2) is 13.7.